The van der Waals surface area contributed by atoms with Crippen LogP contribution in [0, 0.1) is 0 Å². The molecule has 0 aromatic carbocycles. The zero-order chi connectivity index (χ0) is 14.7. The number of carbonyl (C=O) groups is 1. The first kappa shape index (κ1) is 13.5. The van der Waals surface area contributed by atoms with Gasteiger partial charge in [-0.15, -0.1) is 0 Å². The van der Waals surface area contributed by atoms with Gasteiger partial charge in [-0.05, 0) is 30.9 Å². The van der Waals surface area contributed by atoms with E-state index in [1.165, 1.54) is 0 Å². The van der Waals surface area contributed by atoms with E-state index >= 15 is 0 Å². The lowest BCUT2D eigenvalue weighted by Crippen LogP contribution is -2.39. The Morgan fingerprint density at radius 2 is 2.33 bits per heavy atom. The number of hydrogen-bond acceptors (Lipinski definition) is 4. The molecule has 2 N–H and O–H groups in total. The predicted molar refractivity (Wildman–Crippen MR) is 75.5 cm³/mol. The Kier molecular flexibility index (Phi) is 3.81. The highest BCUT2D eigenvalue weighted by Gasteiger charge is 2.28. The van der Waals surface area contributed by atoms with Crippen molar-refractivity contribution in [3.8, 4) is 0 Å². The molecule has 2 aromatic heterocycles. The number of pyridine rings is 1. The van der Waals surface area contributed by atoms with Gasteiger partial charge in [0, 0.05) is 18.9 Å². The fourth-order valence-corrected chi connectivity index (χ4v) is 2.78. The predicted octanol–water partition coefficient (Wildman–Crippen LogP) is 0.789. The molecule has 1 saturated heterocycles. The van der Waals surface area contributed by atoms with Crippen molar-refractivity contribution in [1.29, 1.82) is 0 Å². The molecule has 3 rings (SSSR count). The molecule has 2 aromatic rings. The molecule has 3 heterocycles. The maximum atomic E-state index is 12.5. The summed E-state index contributed by atoms with van der Waals surface area (Å²) in [4.78, 5) is 32.0. The molecule has 0 spiro atoms. The van der Waals surface area contributed by atoms with Crippen LogP contribution in [0.3, 0.4) is 0 Å². The van der Waals surface area contributed by atoms with Crippen molar-refractivity contribution < 1.29 is 4.79 Å². The number of nitrogens with one attached hydrogen (secondary N) is 2. The van der Waals surface area contributed by atoms with Gasteiger partial charge in [-0.25, -0.2) is 9.89 Å². The summed E-state index contributed by atoms with van der Waals surface area (Å²) >= 11 is 0. The number of likely N-dealkylation sites (tertiary alicyclic amines) is 1. The Morgan fingerprint density at radius 1 is 1.43 bits per heavy atom. The number of aromatic nitrogens is 4. The fourth-order valence-electron chi connectivity index (χ4n) is 2.78. The number of rotatable bonds is 3. The van der Waals surface area contributed by atoms with Crippen LogP contribution in [-0.4, -0.2) is 37.5 Å². The third-order valence-electron chi connectivity index (χ3n) is 3.76. The summed E-state index contributed by atoms with van der Waals surface area (Å²) in [6.45, 7) is 0.729. The standard InChI is InChI=1S/C14H17N5O2/c20-13(8-12-16-14(21)18-17-12)19-7-2-1-5-11(19)10-4-3-6-15-9-10/h3-4,6,9,11H,1-2,5,7-8H2,(H2,16,17,18,21)/t11-/m1/s1. The average Bonchev–Trinajstić information content (AvgIpc) is 2.93. The molecule has 0 saturated carbocycles. The van der Waals surface area contributed by atoms with E-state index in [1.54, 1.807) is 6.20 Å². The maximum absolute atomic E-state index is 12.5. The van der Waals surface area contributed by atoms with Crippen molar-refractivity contribution in [1.82, 2.24) is 25.1 Å². The number of amides is 1. The highest BCUT2D eigenvalue weighted by Crippen LogP contribution is 2.30. The number of carbonyl (C=O) groups excluding carboxylic acids is 1. The van der Waals surface area contributed by atoms with E-state index in [9.17, 15) is 9.59 Å². The van der Waals surface area contributed by atoms with E-state index in [1.807, 2.05) is 23.2 Å². The van der Waals surface area contributed by atoms with Gasteiger partial charge >= 0.3 is 5.69 Å². The van der Waals surface area contributed by atoms with Crippen LogP contribution in [0.25, 0.3) is 0 Å². The van der Waals surface area contributed by atoms with Crippen molar-refractivity contribution in [2.24, 2.45) is 0 Å². The lowest BCUT2D eigenvalue weighted by molar-refractivity contribution is -0.134. The summed E-state index contributed by atoms with van der Waals surface area (Å²) in [5.74, 6) is 0.354. The molecule has 0 unspecified atom stereocenters. The van der Waals surface area contributed by atoms with Crippen LogP contribution in [0.1, 0.15) is 36.7 Å². The van der Waals surface area contributed by atoms with E-state index in [4.69, 9.17) is 0 Å². The number of nitrogens with zero attached hydrogens (tertiary/aromatic N) is 3. The van der Waals surface area contributed by atoms with E-state index in [2.05, 4.69) is 20.2 Å². The summed E-state index contributed by atoms with van der Waals surface area (Å²) in [5, 5.41) is 6.07. The van der Waals surface area contributed by atoms with Crippen molar-refractivity contribution in [2.45, 2.75) is 31.7 Å². The molecule has 1 atom stereocenters. The second-order valence-electron chi connectivity index (χ2n) is 5.19. The molecule has 1 amide bonds. The van der Waals surface area contributed by atoms with Gasteiger partial charge in [0.2, 0.25) is 5.91 Å². The Morgan fingerprint density at radius 3 is 3.05 bits per heavy atom. The summed E-state index contributed by atoms with van der Waals surface area (Å²) < 4.78 is 0. The number of hydrogen-bond donors (Lipinski definition) is 2. The summed E-state index contributed by atoms with van der Waals surface area (Å²) in [6.07, 6.45) is 6.69. The van der Waals surface area contributed by atoms with E-state index in [0.29, 0.717) is 5.82 Å². The molecule has 21 heavy (non-hydrogen) atoms. The first-order valence-corrected chi connectivity index (χ1v) is 7.07. The van der Waals surface area contributed by atoms with Gasteiger partial charge in [0.05, 0.1) is 12.5 Å². The fraction of sp³-hybridized carbons (Fsp3) is 0.429. The van der Waals surface area contributed by atoms with Crippen LogP contribution in [0.4, 0.5) is 0 Å². The first-order valence-electron chi connectivity index (χ1n) is 7.07. The van der Waals surface area contributed by atoms with Gasteiger partial charge in [-0.2, -0.15) is 5.10 Å². The molecule has 7 nitrogen and oxygen atoms in total. The van der Waals surface area contributed by atoms with Crippen molar-refractivity contribution in [2.75, 3.05) is 6.54 Å². The van der Waals surface area contributed by atoms with Gasteiger partial charge in [0.15, 0.2) is 0 Å². The molecule has 0 radical (unpaired) electrons. The zero-order valence-electron chi connectivity index (χ0n) is 11.6. The quantitative estimate of drug-likeness (QED) is 0.872. The number of piperidine rings is 1. The van der Waals surface area contributed by atoms with Crippen LogP contribution in [-0.2, 0) is 11.2 Å². The Hall–Kier alpha value is -2.44. The van der Waals surface area contributed by atoms with Crippen LogP contribution < -0.4 is 5.69 Å². The maximum Gasteiger partial charge on any atom is 0.340 e. The average molecular weight is 287 g/mol. The summed E-state index contributed by atoms with van der Waals surface area (Å²) in [6, 6.07) is 3.95. The Balaban J connectivity index is 1.77. The van der Waals surface area contributed by atoms with Gasteiger partial charge in [0.25, 0.3) is 0 Å². The smallest absolute Gasteiger partial charge is 0.335 e. The highest BCUT2D eigenvalue weighted by atomic mass is 16.2. The highest BCUT2D eigenvalue weighted by molar-refractivity contribution is 5.78. The minimum atomic E-state index is -0.389. The minimum Gasteiger partial charge on any atom is -0.335 e. The van der Waals surface area contributed by atoms with Crippen LogP contribution in [0.5, 0.6) is 0 Å². The van der Waals surface area contributed by atoms with Gasteiger partial charge in [-0.3, -0.25) is 14.8 Å². The molecule has 110 valence electrons. The first-order chi connectivity index (χ1) is 10.2. The van der Waals surface area contributed by atoms with Crippen molar-refractivity contribution >= 4 is 5.91 Å². The van der Waals surface area contributed by atoms with Crippen LogP contribution >= 0.6 is 0 Å². The van der Waals surface area contributed by atoms with E-state index < -0.39 is 0 Å². The molecule has 7 heteroatoms. The zero-order valence-corrected chi connectivity index (χ0v) is 11.6. The van der Waals surface area contributed by atoms with Crippen molar-refractivity contribution in [3.05, 3.63) is 46.4 Å². The number of aromatic amines is 2. The lowest BCUT2D eigenvalue weighted by Gasteiger charge is -2.35. The van der Waals surface area contributed by atoms with E-state index in [-0.39, 0.29) is 24.1 Å². The van der Waals surface area contributed by atoms with Gasteiger partial charge < -0.3 is 4.90 Å². The Labute approximate surface area is 121 Å². The number of H-pyrrole nitrogens is 2. The SMILES string of the molecule is O=C(Cc1n[nH]c(=O)[nH]1)N1CCCC[C@@H]1c1cccnc1. The van der Waals surface area contributed by atoms with Crippen LogP contribution in [0.15, 0.2) is 29.3 Å². The molecular formula is C14H17N5O2. The lowest BCUT2D eigenvalue weighted by atomic mass is 9.96. The molecular weight excluding hydrogens is 270 g/mol. The third-order valence-corrected chi connectivity index (χ3v) is 3.76. The monoisotopic (exact) mass is 287 g/mol. The second-order valence-corrected chi connectivity index (χ2v) is 5.19. The summed E-state index contributed by atoms with van der Waals surface area (Å²) in [7, 11) is 0. The normalized spacial score (nSPS) is 18.7. The van der Waals surface area contributed by atoms with Crippen molar-refractivity contribution in [3.63, 3.8) is 0 Å². The van der Waals surface area contributed by atoms with Crippen LogP contribution in [0.2, 0.25) is 0 Å². The largest absolute Gasteiger partial charge is 0.340 e. The van der Waals surface area contributed by atoms with Gasteiger partial charge in [-0.1, -0.05) is 6.07 Å². The molecule has 1 fully saturated rings. The second kappa shape index (κ2) is 5.90. The molecule has 1 aliphatic heterocycles. The topological polar surface area (TPSA) is 94.7 Å². The van der Waals surface area contributed by atoms with Gasteiger partial charge in [0.1, 0.15) is 5.82 Å². The third kappa shape index (κ3) is 3.01. The summed E-state index contributed by atoms with van der Waals surface area (Å²) in [5.41, 5.74) is 0.668. The minimum absolute atomic E-state index is 0.0219. The molecule has 1 aliphatic rings. The molecule has 0 bridgehead atoms. The molecule has 0 aliphatic carbocycles. The Bertz CT molecular complexity index is 663. The van der Waals surface area contributed by atoms with E-state index in [0.717, 1.165) is 31.4 Å².